The molecule has 4 aromatic rings. The van der Waals surface area contributed by atoms with Crippen LogP contribution in [0, 0.1) is 0 Å². The number of hydrogen-bond donors (Lipinski definition) is 0. The van der Waals surface area contributed by atoms with Crippen LogP contribution in [0.2, 0.25) is 0 Å². The minimum atomic E-state index is 0.497. The van der Waals surface area contributed by atoms with E-state index in [0.29, 0.717) is 5.92 Å². The standard InChI is InChI=1S/C27H28N2/c1-4-6-7-13-23-16-11-18-28(23)24-14-10-15-25(20-24)29-26-17-9-8-12-22(26)19-27(29)21(3)5-2/h4,6-21H,5H2,1-3H3/b6-4-,13-7-. The Morgan fingerprint density at radius 3 is 2.55 bits per heavy atom. The number of fused-ring (bicyclic) bond motifs is 1. The van der Waals surface area contributed by atoms with Gasteiger partial charge in [-0.15, -0.1) is 0 Å². The molecule has 0 radical (unpaired) electrons. The lowest BCUT2D eigenvalue weighted by Crippen LogP contribution is -2.04. The second-order valence-corrected chi connectivity index (χ2v) is 7.48. The Hall–Kier alpha value is -3.26. The van der Waals surface area contributed by atoms with Gasteiger partial charge < -0.3 is 9.13 Å². The normalized spacial score (nSPS) is 13.1. The van der Waals surface area contributed by atoms with E-state index < -0.39 is 0 Å². The molecule has 0 spiro atoms. The van der Waals surface area contributed by atoms with Gasteiger partial charge >= 0.3 is 0 Å². The van der Waals surface area contributed by atoms with E-state index in [-0.39, 0.29) is 0 Å². The Kier molecular flexibility index (Phi) is 5.53. The molecule has 0 N–H and O–H groups in total. The number of benzene rings is 2. The van der Waals surface area contributed by atoms with Gasteiger partial charge in [0.1, 0.15) is 0 Å². The SMILES string of the molecule is C/C=C\C=C/c1cccn1-c1cccc(-n2c(C(C)CC)cc3ccccc32)c1. The van der Waals surface area contributed by atoms with E-state index in [1.165, 1.54) is 33.7 Å². The van der Waals surface area contributed by atoms with Gasteiger partial charge in [-0.05, 0) is 67.8 Å². The van der Waals surface area contributed by atoms with Gasteiger partial charge in [0.2, 0.25) is 0 Å². The average Bonchev–Trinajstić information content (AvgIpc) is 3.38. The van der Waals surface area contributed by atoms with Crippen molar-refractivity contribution in [2.24, 2.45) is 0 Å². The van der Waals surface area contributed by atoms with E-state index in [1.807, 2.05) is 13.0 Å². The van der Waals surface area contributed by atoms with Crippen molar-refractivity contribution in [3.05, 3.63) is 103 Å². The lowest BCUT2D eigenvalue weighted by Gasteiger charge is -2.17. The van der Waals surface area contributed by atoms with Gasteiger partial charge in [0, 0.05) is 34.3 Å². The molecule has 2 aromatic heterocycles. The first-order chi connectivity index (χ1) is 14.2. The molecule has 2 heteroatoms. The first kappa shape index (κ1) is 19.1. The Balaban J connectivity index is 1.85. The molecular weight excluding hydrogens is 352 g/mol. The van der Waals surface area contributed by atoms with E-state index in [2.05, 4.69) is 114 Å². The first-order valence-corrected chi connectivity index (χ1v) is 10.4. The lowest BCUT2D eigenvalue weighted by molar-refractivity contribution is 0.694. The fraction of sp³-hybridized carbons (Fsp3) is 0.185. The van der Waals surface area contributed by atoms with Crippen LogP contribution >= 0.6 is 0 Å². The van der Waals surface area contributed by atoms with Gasteiger partial charge in [0.15, 0.2) is 0 Å². The fourth-order valence-electron chi connectivity index (χ4n) is 3.85. The third-order valence-electron chi connectivity index (χ3n) is 5.57. The number of rotatable bonds is 6. The summed E-state index contributed by atoms with van der Waals surface area (Å²) in [5.74, 6) is 0.497. The molecule has 1 unspecified atom stereocenters. The molecule has 4 rings (SSSR count). The van der Waals surface area contributed by atoms with Crippen molar-refractivity contribution < 1.29 is 0 Å². The molecule has 146 valence electrons. The van der Waals surface area contributed by atoms with Crippen LogP contribution in [0.1, 0.15) is 44.5 Å². The maximum atomic E-state index is 2.42. The molecule has 0 aliphatic rings. The van der Waals surface area contributed by atoms with Crippen molar-refractivity contribution in [2.45, 2.75) is 33.1 Å². The third kappa shape index (κ3) is 3.71. The fourth-order valence-corrected chi connectivity index (χ4v) is 3.85. The highest BCUT2D eigenvalue weighted by Crippen LogP contribution is 2.31. The van der Waals surface area contributed by atoms with Crippen LogP contribution in [0.3, 0.4) is 0 Å². The summed E-state index contributed by atoms with van der Waals surface area (Å²) in [4.78, 5) is 0. The Morgan fingerprint density at radius 2 is 1.72 bits per heavy atom. The smallest absolute Gasteiger partial charge is 0.0531 e. The maximum absolute atomic E-state index is 2.42. The van der Waals surface area contributed by atoms with E-state index >= 15 is 0 Å². The summed E-state index contributed by atoms with van der Waals surface area (Å²) < 4.78 is 4.66. The molecule has 0 fully saturated rings. The number of allylic oxidation sites excluding steroid dienone is 3. The minimum absolute atomic E-state index is 0.497. The van der Waals surface area contributed by atoms with Crippen LogP contribution in [0.5, 0.6) is 0 Å². The van der Waals surface area contributed by atoms with E-state index in [1.54, 1.807) is 0 Å². The maximum Gasteiger partial charge on any atom is 0.0531 e. The van der Waals surface area contributed by atoms with Gasteiger partial charge in [-0.1, -0.05) is 56.3 Å². The Morgan fingerprint density at radius 1 is 0.897 bits per heavy atom. The summed E-state index contributed by atoms with van der Waals surface area (Å²) in [5, 5.41) is 1.30. The van der Waals surface area contributed by atoms with Gasteiger partial charge in [-0.2, -0.15) is 0 Å². The summed E-state index contributed by atoms with van der Waals surface area (Å²) in [6.45, 7) is 6.60. The van der Waals surface area contributed by atoms with Gasteiger partial charge in [0.05, 0.1) is 5.52 Å². The molecule has 0 bridgehead atoms. The third-order valence-corrected chi connectivity index (χ3v) is 5.57. The van der Waals surface area contributed by atoms with Crippen LogP contribution in [0.25, 0.3) is 28.4 Å². The second kappa shape index (κ2) is 8.40. The largest absolute Gasteiger partial charge is 0.317 e. The number of para-hydroxylation sites is 1. The molecule has 0 aliphatic heterocycles. The second-order valence-electron chi connectivity index (χ2n) is 7.48. The van der Waals surface area contributed by atoms with Gasteiger partial charge in [0.25, 0.3) is 0 Å². The molecule has 0 aliphatic carbocycles. The molecule has 2 nitrogen and oxygen atoms in total. The predicted octanol–water partition coefficient (Wildman–Crippen LogP) is 7.52. The molecule has 2 heterocycles. The van der Waals surface area contributed by atoms with Crippen LogP contribution in [0.4, 0.5) is 0 Å². The Bertz CT molecular complexity index is 1170. The molecular formula is C27H28N2. The van der Waals surface area contributed by atoms with Gasteiger partial charge in [-0.3, -0.25) is 0 Å². The van der Waals surface area contributed by atoms with Crippen molar-refractivity contribution in [1.82, 2.24) is 9.13 Å². The van der Waals surface area contributed by atoms with Crippen LogP contribution in [-0.2, 0) is 0 Å². The molecule has 2 aromatic carbocycles. The predicted molar refractivity (Wildman–Crippen MR) is 125 cm³/mol. The van der Waals surface area contributed by atoms with E-state index in [0.717, 1.165) is 6.42 Å². The van der Waals surface area contributed by atoms with Crippen molar-refractivity contribution in [3.63, 3.8) is 0 Å². The van der Waals surface area contributed by atoms with Crippen LogP contribution in [-0.4, -0.2) is 9.13 Å². The summed E-state index contributed by atoms with van der Waals surface area (Å²) in [6.07, 6.45) is 11.6. The number of nitrogens with zero attached hydrogens (tertiary/aromatic N) is 2. The van der Waals surface area contributed by atoms with E-state index in [9.17, 15) is 0 Å². The molecule has 29 heavy (non-hydrogen) atoms. The topological polar surface area (TPSA) is 9.86 Å². The van der Waals surface area contributed by atoms with Crippen LogP contribution in [0.15, 0.2) is 91.2 Å². The summed E-state index contributed by atoms with van der Waals surface area (Å²) in [5.41, 5.74) is 6.17. The van der Waals surface area contributed by atoms with Crippen LogP contribution < -0.4 is 0 Å². The highest BCUT2D eigenvalue weighted by Gasteiger charge is 2.15. The number of hydrogen-bond acceptors (Lipinski definition) is 0. The zero-order chi connectivity index (χ0) is 20.2. The van der Waals surface area contributed by atoms with Gasteiger partial charge in [-0.25, -0.2) is 0 Å². The lowest BCUT2D eigenvalue weighted by atomic mass is 10.0. The van der Waals surface area contributed by atoms with Crippen molar-refractivity contribution in [2.75, 3.05) is 0 Å². The Labute approximate surface area is 173 Å². The minimum Gasteiger partial charge on any atom is -0.317 e. The monoisotopic (exact) mass is 380 g/mol. The zero-order valence-corrected chi connectivity index (χ0v) is 17.4. The summed E-state index contributed by atoms with van der Waals surface area (Å²) in [7, 11) is 0. The molecule has 0 saturated carbocycles. The zero-order valence-electron chi connectivity index (χ0n) is 17.4. The molecule has 0 amide bonds. The molecule has 1 atom stereocenters. The van der Waals surface area contributed by atoms with Crippen molar-refractivity contribution in [1.29, 1.82) is 0 Å². The summed E-state index contributed by atoms with van der Waals surface area (Å²) >= 11 is 0. The van der Waals surface area contributed by atoms with Crippen molar-refractivity contribution >= 4 is 17.0 Å². The average molecular weight is 381 g/mol. The quantitative estimate of drug-likeness (QED) is 0.306. The van der Waals surface area contributed by atoms with Crippen molar-refractivity contribution in [3.8, 4) is 11.4 Å². The highest BCUT2D eigenvalue weighted by atomic mass is 15.0. The molecule has 0 saturated heterocycles. The highest BCUT2D eigenvalue weighted by molar-refractivity contribution is 5.83. The first-order valence-electron chi connectivity index (χ1n) is 10.4. The summed E-state index contributed by atoms with van der Waals surface area (Å²) in [6, 6.07) is 24.1. The number of aromatic nitrogens is 2. The van der Waals surface area contributed by atoms with E-state index in [4.69, 9.17) is 0 Å².